The van der Waals surface area contributed by atoms with E-state index in [2.05, 4.69) is 77.8 Å². The first-order valence-electron chi connectivity index (χ1n) is 11.3. The molecule has 5 aromatic carbocycles. The van der Waals surface area contributed by atoms with Gasteiger partial charge in [0.15, 0.2) is 0 Å². The third-order valence-electron chi connectivity index (χ3n) is 5.92. The number of H-pyrrole nitrogens is 1. The second kappa shape index (κ2) is 11.6. The number of hydrogen-bond donors (Lipinski definition) is 1. The molecule has 178 valence electrons. The van der Waals surface area contributed by atoms with Crippen molar-refractivity contribution in [3.63, 3.8) is 0 Å². The van der Waals surface area contributed by atoms with Crippen LogP contribution in [-0.2, 0) is 13.1 Å². The summed E-state index contributed by atoms with van der Waals surface area (Å²) in [4.78, 5) is 13.0. The maximum atomic E-state index is 4.90. The van der Waals surface area contributed by atoms with E-state index >= 15 is 0 Å². The Morgan fingerprint density at radius 1 is 0.556 bits per heavy atom. The van der Waals surface area contributed by atoms with Crippen LogP contribution in [0, 0.1) is 0 Å². The van der Waals surface area contributed by atoms with Crippen LogP contribution in [0.5, 0.6) is 0 Å². The Bertz CT molecular complexity index is 1650. The predicted molar refractivity (Wildman–Crippen MR) is 152 cm³/mol. The third-order valence-corrected chi connectivity index (χ3v) is 5.92. The van der Waals surface area contributed by atoms with Crippen LogP contribution in [0.25, 0.3) is 32.3 Å². The van der Waals surface area contributed by atoms with Crippen LogP contribution in [-0.4, -0.2) is 17.4 Å². The molecule has 0 saturated carbocycles. The van der Waals surface area contributed by atoms with Crippen molar-refractivity contribution in [1.82, 2.24) is 4.98 Å². The van der Waals surface area contributed by atoms with Crippen molar-refractivity contribution in [2.75, 3.05) is 0 Å². The van der Waals surface area contributed by atoms with Gasteiger partial charge >= 0.3 is 33.3 Å². The Hall–Kier alpha value is -3.40. The molecule has 0 aliphatic carbocycles. The van der Waals surface area contributed by atoms with Gasteiger partial charge < -0.3 is 4.98 Å². The molecule has 0 aliphatic rings. The average molecular weight is 550 g/mol. The molecule has 0 fully saturated rings. The van der Waals surface area contributed by atoms with Gasteiger partial charge in [0.2, 0.25) is 0 Å². The average Bonchev–Trinajstić information content (AvgIpc) is 3.38. The summed E-state index contributed by atoms with van der Waals surface area (Å²) >= 11 is 0.194. The number of aromatic nitrogens is 1. The van der Waals surface area contributed by atoms with Crippen LogP contribution >= 0.6 is 20.2 Å². The number of halogens is 2. The quantitative estimate of drug-likeness (QED) is 0.129. The normalized spacial score (nSPS) is 11.6. The zero-order valence-electron chi connectivity index (χ0n) is 19.1. The molecule has 1 aromatic heterocycles. The molecule has 36 heavy (non-hydrogen) atoms. The van der Waals surface area contributed by atoms with Gasteiger partial charge in [0.25, 0.3) is 0 Å². The first-order chi connectivity index (χ1) is 17.8. The molecular formula is C30H21Cl2FeN3. The van der Waals surface area contributed by atoms with E-state index in [1.165, 1.54) is 16.2 Å². The van der Waals surface area contributed by atoms with Crippen molar-refractivity contribution in [3.8, 4) is 0 Å². The fourth-order valence-electron chi connectivity index (χ4n) is 4.30. The van der Waals surface area contributed by atoms with Crippen molar-refractivity contribution in [1.29, 1.82) is 0 Å². The second-order valence-electron chi connectivity index (χ2n) is 8.10. The van der Waals surface area contributed by atoms with E-state index in [0.717, 1.165) is 38.9 Å². The minimum atomic E-state index is 0.194. The molecule has 0 unspecified atom stereocenters. The zero-order chi connectivity index (χ0) is 24.7. The molecule has 6 heteroatoms. The Balaban J connectivity index is 0.000000848. The Labute approximate surface area is 224 Å². The molecule has 0 radical (unpaired) electrons. The van der Waals surface area contributed by atoms with E-state index in [9.17, 15) is 0 Å². The van der Waals surface area contributed by atoms with Gasteiger partial charge in [-0.25, -0.2) is 0 Å². The van der Waals surface area contributed by atoms with E-state index in [0.29, 0.717) is 0 Å². The zero-order valence-corrected chi connectivity index (χ0v) is 21.7. The van der Waals surface area contributed by atoms with Crippen molar-refractivity contribution < 1.29 is 13.1 Å². The van der Waals surface area contributed by atoms with E-state index in [4.69, 9.17) is 30.2 Å². The third kappa shape index (κ3) is 5.38. The molecular weight excluding hydrogens is 529 g/mol. The fraction of sp³-hybridized carbons (Fsp3) is 0. The SMILES string of the molecule is C(=Nc1cccc2ccccc12)c1ccc(C=Nc2c3ccccc3cc3ccccc23)[nH]1.[Cl][Fe][Cl]. The molecule has 6 rings (SSSR count). The number of rotatable bonds is 4. The summed E-state index contributed by atoms with van der Waals surface area (Å²) in [6.07, 6.45) is 3.76. The molecule has 3 nitrogen and oxygen atoms in total. The summed E-state index contributed by atoms with van der Waals surface area (Å²) < 4.78 is 0. The number of nitrogens with one attached hydrogen (secondary N) is 1. The van der Waals surface area contributed by atoms with Crippen LogP contribution in [0.1, 0.15) is 11.4 Å². The summed E-state index contributed by atoms with van der Waals surface area (Å²) in [5.74, 6) is 0. The first-order valence-corrected chi connectivity index (χ1v) is 14.3. The van der Waals surface area contributed by atoms with E-state index in [-0.39, 0.29) is 13.1 Å². The van der Waals surface area contributed by atoms with Crippen molar-refractivity contribution in [2.45, 2.75) is 0 Å². The predicted octanol–water partition coefficient (Wildman–Crippen LogP) is 9.35. The number of aromatic amines is 1. The summed E-state index contributed by atoms with van der Waals surface area (Å²) in [5, 5.41) is 7.02. The van der Waals surface area contributed by atoms with Crippen LogP contribution in [0.4, 0.5) is 11.4 Å². The standard InChI is InChI=1S/C30H21N3.2ClH.Fe/c1-4-12-26-21(8-1)11-7-15-29(26)31-19-24-16-17-25(33-24)20-32-30-27-13-5-2-9-22(27)18-23-10-3-6-14-28(23)30;;;/h1-20,33H;2*1H;/q;;;+2/p-2. The van der Waals surface area contributed by atoms with Gasteiger partial charge in [-0.1, -0.05) is 84.9 Å². The van der Waals surface area contributed by atoms with Gasteiger partial charge in [0.05, 0.1) is 35.2 Å². The molecule has 0 bridgehead atoms. The Morgan fingerprint density at radius 3 is 1.69 bits per heavy atom. The number of nitrogens with zero attached hydrogens (tertiary/aromatic N) is 2. The number of benzene rings is 5. The van der Waals surface area contributed by atoms with E-state index in [1.54, 1.807) is 0 Å². The topological polar surface area (TPSA) is 40.5 Å². The molecule has 0 saturated heterocycles. The molecule has 0 atom stereocenters. The molecule has 0 spiro atoms. The second-order valence-corrected chi connectivity index (χ2v) is 9.93. The van der Waals surface area contributed by atoms with Gasteiger partial charge in [0, 0.05) is 16.2 Å². The minimum absolute atomic E-state index is 0.194. The fourth-order valence-corrected chi connectivity index (χ4v) is 4.30. The molecule has 1 heterocycles. The van der Waals surface area contributed by atoms with Crippen LogP contribution in [0.3, 0.4) is 0 Å². The van der Waals surface area contributed by atoms with E-state index in [1.807, 2.05) is 48.8 Å². The number of hydrogen-bond acceptors (Lipinski definition) is 2. The number of aliphatic imine (C=N–C) groups is 2. The van der Waals surface area contributed by atoms with Crippen molar-refractivity contribution >= 4 is 76.3 Å². The van der Waals surface area contributed by atoms with Crippen LogP contribution in [0.2, 0.25) is 0 Å². The van der Waals surface area contributed by atoms with Gasteiger partial charge in [0.1, 0.15) is 0 Å². The van der Waals surface area contributed by atoms with E-state index < -0.39 is 0 Å². The van der Waals surface area contributed by atoms with Gasteiger partial charge in [-0.3, -0.25) is 9.98 Å². The van der Waals surface area contributed by atoms with Crippen molar-refractivity contribution in [3.05, 3.63) is 121 Å². The van der Waals surface area contributed by atoms with Crippen LogP contribution in [0.15, 0.2) is 119 Å². The molecule has 0 amide bonds. The summed E-state index contributed by atoms with van der Waals surface area (Å²) in [6.45, 7) is 0. The Kier molecular flexibility index (Phi) is 7.80. The molecule has 1 N–H and O–H groups in total. The van der Waals surface area contributed by atoms with Gasteiger partial charge in [-0.2, -0.15) is 0 Å². The summed E-state index contributed by atoms with van der Waals surface area (Å²) in [5.41, 5.74) is 3.82. The first kappa shape index (κ1) is 24.3. The van der Waals surface area contributed by atoms with Gasteiger partial charge in [-0.15, -0.1) is 0 Å². The molecule has 0 aliphatic heterocycles. The van der Waals surface area contributed by atoms with Crippen molar-refractivity contribution in [2.24, 2.45) is 9.98 Å². The summed E-state index contributed by atoms with van der Waals surface area (Å²) in [7, 11) is 9.53. The summed E-state index contributed by atoms with van der Waals surface area (Å²) in [6, 6.07) is 37.5. The monoisotopic (exact) mass is 549 g/mol. The Morgan fingerprint density at radius 2 is 1.06 bits per heavy atom. The molecule has 6 aromatic rings. The maximum absolute atomic E-state index is 4.90. The van der Waals surface area contributed by atoms with Crippen LogP contribution < -0.4 is 0 Å². The number of fused-ring (bicyclic) bond motifs is 3. The van der Waals surface area contributed by atoms with Gasteiger partial charge in [-0.05, 0) is 40.4 Å².